The highest BCUT2D eigenvalue weighted by molar-refractivity contribution is 5.78. The average Bonchev–Trinajstić information content (AvgIpc) is 2.52. The van der Waals surface area contributed by atoms with E-state index < -0.39 is 0 Å². The fourth-order valence-corrected chi connectivity index (χ4v) is 1.37. The first-order valence-corrected chi connectivity index (χ1v) is 4.36. The van der Waals surface area contributed by atoms with Crippen molar-refractivity contribution < 1.29 is 14.3 Å². The summed E-state index contributed by atoms with van der Waals surface area (Å²) >= 11 is 0. The van der Waals surface area contributed by atoms with E-state index in [1.165, 1.54) is 4.90 Å². The molecule has 1 unspecified atom stereocenters. The molecule has 0 aromatic rings. The molecule has 0 aromatic heterocycles. The predicted molar refractivity (Wildman–Crippen MR) is 45.9 cm³/mol. The van der Waals surface area contributed by atoms with Gasteiger partial charge in [-0.1, -0.05) is 0 Å². The van der Waals surface area contributed by atoms with Gasteiger partial charge in [0, 0.05) is 13.1 Å². The summed E-state index contributed by atoms with van der Waals surface area (Å²) < 4.78 is 4.79. The summed E-state index contributed by atoms with van der Waals surface area (Å²) in [5.74, 6) is -0.545. The molecular formula is C8H14N2O3. The molecule has 13 heavy (non-hydrogen) atoms. The Morgan fingerprint density at radius 2 is 2.31 bits per heavy atom. The molecule has 1 aliphatic heterocycles. The van der Waals surface area contributed by atoms with Crippen LogP contribution in [-0.2, 0) is 9.53 Å². The van der Waals surface area contributed by atoms with E-state index in [-0.39, 0.29) is 17.9 Å². The van der Waals surface area contributed by atoms with E-state index in [4.69, 9.17) is 10.5 Å². The summed E-state index contributed by atoms with van der Waals surface area (Å²) in [4.78, 5) is 23.4. The summed E-state index contributed by atoms with van der Waals surface area (Å²) in [5.41, 5.74) is 5.12. The van der Waals surface area contributed by atoms with Gasteiger partial charge in [0.25, 0.3) is 0 Å². The zero-order valence-corrected chi connectivity index (χ0v) is 7.66. The zero-order chi connectivity index (χ0) is 9.84. The number of primary amides is 1. The highest BCUT2D eigenvalue weighted by atomic mass is 16.6. The van der Waals surface area contributed by atoms with Crippen LogP contribution in [0.1, 0.15) is 13.3 Å². The van der Waals surface area contributed by atoms with Crippen LogP contribution in [0.4, 0.5) is 4.79 Å². The number of nitrogens with zero attached hydrogens (tertiary/aromatic N) is 1. The van der Waals surface area contributed by atoms with Gasteiger partial charge in [0.2, 0.25) is 5.91 Å². The van der Waals surface area contributed by atoms with E-state index in [1.807, 2.05) is 0 Å². The molecule has 5 heteroatoms. The predicted octanol–water partition coefficient (Wildman–Crippen LogP) is -0.0499. The molecule has 5 nitrogen and oxygen atoms in total. The van der Waals surface area contributed by atoms with Crippen molar-refractivity contribution >= 4 is 12.0 Å². The van der Waals surface area contributed by atoms with Crippen LogP contribution < -0.4 is 5.73 Å². The van der Waals surface area contributed by atoms with Gasteiger partial charge in [-0.15, -0.1) is 0 Å². The van der Waals surface area contributed by atoms with Gasteiger partial charge in [-0.05, 0) is 13.3 Å². The van der Waals surface area contributed by atoms with Crippen LogP contribution in [0.3, 0.4) is 0 Å². The molecule has 0 saturated carbocycles. The number of hydrogen-bond acceptors (Lipinski definition) is 3. The number of amides is 2. The van der Waals surface area contributed by atoms with Crippen LogP contribution >= 0.6 is 0 Å². The first kappa shape index (κ1) is 9.83. The van der Waals surface area contributed by atoms with E-state index in [9.17, 15) is 9.59 Å². The Kier molecular flexibility index (Phi) is 3.11. The van der Waals surface area contributed by atoms with Gasteiger partial charge in [0.1, 0.15) is 0 Å². The normalized spacial score (nSPS) is 21.6. The van der Waals surface area contributed by atoms with E-state index in [2.05, 4.69) is 0 Å². The van der Waals surface area contributed by atoms with Crippen LogP contribution in [-0.4, -0.2) is 36.6 Å². The molecule has 0 radical (unpaired) electrons. The zero-order valence-electron chi connectivity index (χ0n) is 7.66. The Bertz CT molecular complexity index is 217. The van der Waals surface area contributed by atoms with Gasteiger partial charge < -0.3 is 15.4 Å². The third-order valence-corrected chi connectivity index (χ3v) is 2.12. The van der Waals surface area contributed by atoms with Crippen LogP contribution in [0, 0.1) is 5.92 Å². The second-order valence-electron chi connectivity index (χ2n) is 3.03. The molecule has 2 N–H and O–H groups in total. The second kappa shape index (κ2) is 4.11. The second-order valence-corrected chi connectivity index (χ2v) is 3.03. The molecule has 1 rings (SSSR count). The molecule has 1 saturated heterocycles. The molecule has 74 valence electrons. The minimum atomic E-state index is -0.355. The number of ether oxygens (including phenoxy) is 1. The summed E-state index contributed by atoms with van der Waals surface area (Å²) in [6.07, 6.45) is 0.292. The van der Waals surface area contributed by atoms with Crippen molar-refractivity contribution in [2.45, 2.75) is 13.3 Å². The maximum Gasteiger partial charge on any atom is 0.409 e. The summed E-state index contributed by atoms with van der Waals surface area (Å²) in [7, 11) is 0. The highest BCUT2D eigenvalue weighted by Crippen LogP contribution is 2.16. The first-order valence-electron chi connectivity index (χ1n) is 4.36. The van der Waals surface area contributed by atoms with Crippen molar-refractivity contribution in [2.24, 2.45) is 11.7 Å². The Balaban J connectivity index is 2.40. The van der Waals surface area contributed by atoms with Crippen molar-refractivity contribution in [2.75, 3.05) is 19.7 Å². The Labute approximate surface area is 76.8 Å². The number of carbonyl (C=O) groups excluding carboxylic acids is 2. The fraction of sp³-hybridized carbons (Fsp3) is 0.750. The lowest BCUT2D eigenvalue weighted by atomic mass is 10.1. The van der Waals surface area contributed by atoms with Gasteiger partial charge in [-0.2, -0.15) is 0 Å². The Hall–Kier alpha value is -1.26. The van der Waals surface area contributed by atoms with Gasteiger partial charge in [-0.25, -0.2) is 4.79 Å². The van der Waals surface area contributed by atoms with E-state index >= 15 is 0 Å². The summed E-state index contributed by atoms with van der Waals surface area (Å²) in [6.45, 7) is 3.07. The third-order valence-electron chi connectivity index (χ3n) is 2.12. The lowest BCUT2D eigenvalue weighted by Gasteiger charge is -2.14. The minimum absolute atomic E-state index is 0.204. The summed E-state index contributed by atoms with van der Waals surface area (Å²) in [5, 5.41) is 0. The largest absolute Gasteiger partial charge is 0.450 e. The van der Waals surface area contributed by atoms with E-state index in [1.54, 1.807) is 6.92 Å². The van der Waals surface area contributed by atoms with Crippen molar-refractivity contribution in [1.29, 1.82) is 0 Å². The first-order chi connectivity index (χ1) is 6.15. The molecule has 0 bridgehead atoms. The highest BCUT2D eigenvalue weighted by Gasteiger charge is 2.30. The minimum Gasteiger partial charge on any atom is -0.450 e. The number of rotatable bonds is 2. The SMILES string of the molecule is CCOC(=O)N1CCC(C(N)=O)C1. The molecule has 1 fully saturated rings. The topological polar surface area (TPSA) is 72.6 Å². The quantitative estimate of drug-likeness (QED) is 0.657. The number of carbonyl (C=O) groups is 2. The van der Waals surface area contributed by atoms with Crippen molar-refractivity contribution in [3.63, 3.8) is 0 Å². The molecular weight excluding hydrogens is 172 g/mol. The lowest BCUT2D eigenvalue weighted by Crippen LogP contribution is -2.32. The molecule has 0 aliphatic carbocycles. The smallest absolute Gasteiger partial charge is 0.409 e. The van der Waals surface area contributed by atoms with Gasteiger partial charge in [0.15, 0.2) is 0 Å². The van der Waals surface area contributed by atoms with E-state index in [0.29, 0.717) is 26.1 Å². The lowest BCUT2D eigenvalue weighted by molar-refractivity contribution is -0.121. The molecule has 2 amide bonds. The molecule has 1 atom stereocenters. The molecule has 0 aromatic carbocycles. The Morgan fingerprint density at radius 1 is 1.62 bits per heavy atom. The van der Waals surface area contributed by atoms with Crippen LogP contribution in [0.5, 0.6) is 0 Å². The standard InChI is InChI=1S/C8H14N2O3/c1-2-13-8(12)10-4-3-6(5-10)7(9)11/h6H,2-5H2,1H3,(H2,9,11). The monoisotopic (exact) mass is 186 g/mol. The van der Waals surface area contributed by atoms with Gasteiger partial charge in [-0.3, -0.25) is 4.79 Å². The molecule has 0 spiro atoms. The number of nitrogens with two attached hydrogens (primary N) is 1. The van der Waals surface area contributed by atoms with Gasteiger partial charge >= 0.3 is 6.09 Å². The van der Waals surface area contributed by atoms with E-state index in [0.717, 1.165) is 0 Å². The van der Waals surface area contributed by atoms with Crippen molar-refractivity contribution in [1.82, 2.24) is 4.90 Å². The third kappa shape index (κ3) is 2.34. The van der Waals surface area contributed by atoms with Crippen LogP contribution in [0.2, 0.25) is 0 Å². The Morgan fingerprint density at radius 3 is 2.77 bits per heavy atom. The maximum atomic E-state index is 11.2. The maximum absolute atomic E-state index is 11.2. The fourth-order valence-electron chi connectivity index (χ4n) is 1.37. The van der Waals surface area contributed by atoms with Crippen LogP contribution in [0.15, 0.2) is 0 Å². The van der Waals surface area contributed by atoms with Gasteiger partial charge in [0.05, 0.1) is 12.5 Å². The van der Waals surface area contributed by atoms with Crippen molar-refractivity contribution in [3.8, 4) is 0 Å². The number of likely N-dealkylation sites (tertiary alicyclic amines) is 1. The number of hydrogen-bond donors (Lipinski definition) is 1. The molecule has 1 aliphatic rings. The van der Waals surface area contributed by atoms with Crippen LogP contribution in [0.25, 0.3) is 0 Å². The summed E-state index contributed by atoms with van der Waals surface area (Å²) in [6, 6.07) is 0. The van der Waals surface area contributed by atoms with Crippen molar-refractivity contribution in [3.05, 3.63) is 0 Å². The molecule has 1 heterocycles. The average molecular weight is 186 g/mol.